The van der Waals surface area contributed by atoms with Gasteiger partial charge in [-0.25, -0.2) is 0 Å². The Morgan fingerprint density at radius 2 is 1.79 bits per heavy atom. The minimum Gasteiger partial charge on any atom is -0.312 e. The molecular formula is C13H19N2O3P. The molecule has 1 rings (SSSR count). The number of nitrogens with two attached hydrogens (primary N) is 1. The topological polar surface area (TPSA) is 85.3 Å². The molecule has 1 unspecified atom stereocenters. The molecule has 1 atom stereocenters. The molecule has 5 nitrogen and oxygen atoms in total. The fraction of sp³-hybridized carbons (Fsp3) is 0.462. The lowest BCUT2D eigenvalue weighted by molar-refractivity contribution is 0.219. The summed E-state index contributed by atoms with van der Waals surface area (Å²) in [7, 11) is -3.08. The second-order valence-electron chi connectivity index (χ2n) is 3.95. The van der Waals surface area contributed by atoms with Crippen LogP contribution in [0.3, 0.4) is 0 Å². The third-order valence-electron chi connectivity index (χ3n) is 2.51. The van der Waals surface area contributed by atoms with Gasteiger partial charge >= 0.3 is 7.60 Å². The summed E-state index contributed by atoms with van der Waals surface area (Å²) in [6.45, 7) is 4.24. The molecule has 104 valence electrons. The van der Waals surface area contributed by atoms with Gasteiger partial charge in [0.1, 0.15) is 6.04 Å². The summed E-state index contributed by atoms with van der Waals surface area (Å²) in [5.74, 6) is 0. The zero-order valence-corrected chi connectivity index (χ0v) is 12.1. The third kappa shape index (κ3) is 4.77. The first-order chi connectivity index (χ1) is 9.04. The summed E-state index contributed by atoms with van der Waals surface area (Å²) in [6, 6.07) is 8.41. The van der Waals surface area contributed by atoms with Crippen LogP contribution in [0.1, 0.15) is 31.0 Å². The van der Waals surface area contributed by atoms with E-state index in [4.69, 9.17) is 20.0 Å². The zero-order valence-electron chi connectivity index (χ0n) is 11.2. The Morgan fingerprint density at radius 3 is 2.21 bits per heavy atom. The molecule has 6 heteroatoms. The van der Waals surface area contributed by atoms with Crippen LogP contribution in [0.4, 0.5) is 0 Å². The molecule has 0 aliphatic carbocycles. The van der Waals surface area contributed by atoms with Gasteiger partial charge in [-0.2, -0.15) is 5.26 Å². The SMILES string of the molecule is CCOP(=O)(Cc1ccc(C(N)C#N)cc1)OCC. The molecule has 0 aliphatic heterocycles. The predicted molar refractivity (Wildman–Crippen MR) is 73.5 cm³/mol. The van der Waals surface area contributed by atoms with Gasteiger partial charge in [0.05, 0.1) is 25.4 Å². The van der Waals surface area contributed by atoms with Crippen LogP contribution in [0.15, 0.2) is 24.3 Å². The van der Waals surface area contributed by atoms with E-state index in [0.717, 1.165) is 11.1 Å². The van der Waals surface area contributed by atoms with E-state index in [-0.39, 0.29) is 6.16 Å². The zero-order chi connectivity index (χ0) is 14.3. The van der Waals surface area contributed by atoms with Crippen molar-refractivity contribution in [3.63, 3.8) is 0 Å². The standard InChI is InChI=1S/C13H19N2O3P/c1-3-17-19(16,18-4-2)10-11-5-7-12(8-6-11)13(15)9-14/h5-8,13H,3-4,10,15H2,1-2H3. The monoisotopic (exact) mass is 282 g/mol. The van der Waals surface area contributed by atoms with Crippen LogP contribution in [0.2, 0.25) is 0 Å². The van der Waals surface area contributed by atoms with E-state index >= 15 is 0 Å². The van der Waals surface area contributed by atoms with Crippen molar-refractivity contribution in [2.75, 3.05) is 13.2 Å². The average molecular weight is 282 g/mol. The van der Waals surface area contributed by atoms with E-state index in [0.29, 0.717) is 13.2 Å². The predicted octanol–water partition coefficient (Wildman–Crippen LogP) is 2.98. The maximum absolute atomic E-state index is 12.3. The normalized spacial score (nSPS) is 12.9. The van der Waals surface area contributed by atoms with Crippen molar-refractivity contribution in [1.29, 1.82) is 5.26 Å². The Balaban J connectivity index is 2.81. The van der Waals surface area contributed by atoms with Crippen molar-refractivity contribution in [3.8, 4) is 6.07 Å². The first-order valence-corrected chi connectivity index (χ1v) is 7.89. The smallest absolute Gasteiger partial charge is 0.312 e. The Hall–Kier alpha value is -1.18. The van der Waals surface area contributed by atoms with Crippen molar-refractivity contribution in [2.24, 2.45) is 5.73 Å². The van der Waals surface area contributed by atoms with Crippen LogP contribution in [-0.4, -0.2) is 13.2 Å². The number of nitriles is 1. The number of hydrogen-bond acceptors (Lipinski definition) is 5. The number of nitrogens with zero attached hydrogens (tertiary/aromatic N) is 1. The second-order valence-corrected chi connectivity index (χ2v) is 6.01. The molecule has 2 N–H and O–H groups in total. The summed E-state index contributed by atoms with van der Waals surface area (Å²) < 4.78 is 22.8. The Bertz CT molecular complexity index is 472. The molecule has 0 spiro atoms. The molecule has 1 aromatic rings. The molecule has 0 saturated heterocycles. The van der Waals surface area contributed by atoms with Crippen LogP contribution < -0.4 is 5.73 Å². The molecule has 19 heavy (non-hydrogen) atoms. The van der Waals surface area contributed by atoms with E-state index in [1.165, 1.54) is 0 Å². The van der Waals surface area contributed by atoms with Crippen molar-refractivity contribution < 1.29 is 13.6 Å². The molecule has 1 aromatic carbocycles. The number of benzene rings is 1. The highest BCUT2D eigenvalue weighted by atomic mass is 31.2. The molecule has 0 bridgehead atoms. The summed E-state index contributed by atoms with van der Waals surface area (Å²) in [5, 5.41) is 8.72. The van der Waals surface area contributed by atoms with Gasteiger partial charge in [-0.3, -0.25) is 4.57 Å². The van der Waals surface area contributed by atoms with Crippen molar-refractivity contribution in [1.82, 2.24) is 0 Å². The lowest BCUT2D eigenvalue weighted by Gasteiger charge is -2.17. The molecule has 0 saturated carbocycles. The molecule has 0 heterocycles. The minimum absolute atomic E-state index is 0.219. The lowest BCUT2D eigenvalue weighted by Crippen LogP contribution is -2.07. The van der Waals surface area contributed by atoms with Gasteiger partial charge in [0.25, 0.3) is 0 Å². The van der Waals surface area contributed by atoms with Gasteiger partial charge in [-0.15, -0.1) is 0 Å². The van der Waals surface area contributed by atoms with Crippen LogP contribution >= 0.6 is 7.60 Å². The summed E-state index contributed by atoms with van der Waals surface area (Å²) >= 11 is 0. The molecule has 0 fully saturated rings. The van der Waals surface area contributed by atoms with Crippen molar-refractivity contribution in [3.05, 3.63) is 35.4 Å². The fourth-order valence-electron chi connectivity index (χ4n) is 1.65. The Morgan fingerprint density at radius 1 is 1.26 bits per heavy atom. The highest BCUT2D eigenvalue weighted by molar-refractivity contribution is 7.53. The average Bonchev–Trinajstić information content (AvgIpc) is 2.39. The van der Waals surface area contributed by atoms with Gasteiger partial charge in [0, 0.05) is 0 Å². The van der Waals surface area contributed by atoms with Gasteiger partial charge in [-0.05, 0) is 25.0 Å². The first-order valence-electron chi connectivity index (χ1n) is 6.16. The van der Waals surface area contributed by atoms with Crippen LogP contribution in [-0.2, 0) is 19.8 Å². The van der Waals surface area contributed by atoms with E-state index in [1.54, 1.807) is 38.1 Å². The largest absolute Gasteiger partial charge is 0.335 e. The maximum Gasteiger partial charge on any atom is 0.335 e. The summed E-state index contributed by atoms with van der Waals surface area (Å²) in [5.41, 5.74) is 7.16. The van der Waals surface area contributed by atoms with Gasteiger partial charge in [-0.1, -0.05) is 24.3 Å². The van der Waals surface area contributed by atoms with E-state index < -0.39 is 13.6 Å². The maximum atomic E-state index is 12.3. The molecule has 0 radical (unpaired) electrons. The van der Waals surface area contributed by atoms with Crippen molar-refractivity contribution >= 4 is 7.60 Å². The summed E-state index contributed by atoms with van der Waals surface area (Å²) in [4.78, 5) is 0. The van der Waals surface area contributed by atoms with E-state index in [9.17, 15) is 4.57 Å². The second kappa shape index (κ2) is 7.42. The number of hydrogen-bond donors (Lipinski definition) is 1. The first kappa shape index (κ1) is 15.9. The molecule has 0 aromatic heterocycles. The van der Waals surface area contributed by atoms with Crippen molar-refractivity contribution in [2.45, 2.75) is 26.1 Å². The molecular weight excluding hydrogens is 263 g/mol. The quantitative estimate of drug-likeness (QED) is 0.777. The Labute approximate surface area is 113 Å². The lowest BCUT2D eigenvalue weighted by atomic mass is 10.1. The molecule has 0 aliphatic rings. The highest BCUT2D eigenvalue weighted by Gasteiger charge is 2.23. The highest BCUT2D eigenvalue weighted by Crippen LogP contribution is 2.51. The number of rotatable bonds is 7. The van der Waals surface area contributed by atoms with Crippen LogP contribution in [0.5, 0.6) is 0 Å². The minimum atomic E-state index is -3.08. The molecule has 0 amide bonds. The van der Waals surface area contributed by atoms with Gasteiger partial charge in [0.2, 0.25) is 0 Å². The van der Waals surface area contributed by atoms with Crippen LogP contribution in [0.25, 0.3) is 0 Å². The van der Waals surface area contributed by atoms with Crippen LogP contribution in [0, 0.1) is 11.3 Å². The Kier molecular flexibility index (Phi) is 6.20. The van der Waals surface area contributed by atoms with Gasteiger partial charge in [0.15, 0.2) is 0 Å². The fourth-order valence-corrected chi connectivity index (χ4v) is 3.35. The van der Waals surface area contributed by atoms with Gasteiger partial charge < -0.3 is 14.8 Å². The van der Waals surface area contributed by atoms with E-state index in [1.807, 2.05) is 6.07 Å². The summed E-state index contributed by atoms with van der Waals surface area (Å²) in [6.07, 6.45) is 0.219. The third-order valence-corrected chi connectivity index (χ3v) is 4.56. The van der Waals surface area contributed by atoms with E-state index in [2.05, 4.69) is 0 Å².